The van der Waals surface area contributed by atoms with Crippen LogP contribution < -0.4 is 5.32 Å². The second-order valence-electron chi connectivity index (χ2n) is 8.27. The lowest BCUT2D eigenvalue weighted by Gasteiger charge is -2.41. The molecule has 2 aliphatic heterocycles. The number of fused-ring (bicyclic) bond motifs is 1. The highest BCUT2D eigenvalue weighted by molar-refractivity contribution is 7.94. The summed E-state index contributed by atoms with van der Waals surface area (Å²) in [5, 5.41) is 3.85. The molecule has 2 amide bonds. The van der Waals surface area contributed by atoms with E-state index in [9.17, 15) is 18.9 Å². The van der Waals surface area contributed by atoms with E-state index in [1.54, 1.807) is 34.6 Å². The number of hydrogen-bond donors (Lipinski definition) is 1. The predicted octanol–water partition coefficient (Wildman–Crippen LogP) is 1.19. The van der Waals surface area contributed by atoms with Crippen LogP contribution in [0.4, 0.5) is 0 Å². The van der Waals surface area contributed by atoms with Gasteiger partial charge >= 0.3 is 5.97 Å². The summed E-state index contributed by atoms with van der Waals surface area (Å²) >= 11 is -0.0573. The molecule has 7 nitrogen and oxygen atoms in total. The van der Waals surface area contributed by atoms with Gasteiger partial charge in [0.25, 0.3) is 5.91 Å². The first-order chi connectivity index (χ1) is 12.4. The number of nitrogens with zero attached hydrogens (tertiary/aromatic N) is 1. The molecule has 0 radical (unpaired) electrons. The molecule has 0 bridgehead atoms. The molecule has 3 heterocycles. The molecule has 9 heteroatoms. The predicted molar refractivity (Wildman–Crippen MR) is 102 cm³/mol. The van der Waals surface area contributed by atoms with Crippen LogP contribution in [0.25, 0.3) is 0 Å². The van der Waals surface area contributed by atoms with E-state index in [0.29, 0.717) is 0 Å². The van der Waals surface area contributed by atoms with E-state index in [4.69, 9.17) is 4.74 Å². The van der Waals surface area contributed by atoms with Crippen molar-refractivity contribution in [3.8, 4) is 0 Å². The Morgan fingerprint density at radius 2 is 2.07 bits per heavy atom. The highest BCUT2D eigenvalue weighted by Crippen LogP contribution is 2.46. The van der Waals surface area contributed by atoms with Crippen molar-refractivity contribution >= 4 is 40.3 Å². The standard InChI is InChI=1S/C18H24N2O5S2/c1-17(2,3)25-16(23)13-18(4,5)27(24)15-12(14(22)20(13)15)19-11(21)9-10-7-6-8-26-10/h6-8,12-13,15H,9H2,1-5H3,(H,19,21)/t12?,13?,15-,27?/m0/s1. The zero-order valence-corrected chi connectivity index (χ0v) is 17.6. The normalized spacial score (nSPS) is 29.1. The van der Waals surface area contributed by atoms with Crippen molar-refractivity contribution in [1.29, 1.82) is 0 Å². The van der Waals surface area contributed by atoms with Gasteiger partial charge in [0, 0.05) is 4.88 Å². The fourth-order valence-electron chi connectivity index (χ4n) is 3.43. The van der Waals surface area contributed by atoms with Crippen LogP contribution in [0.5, 0.6) is 0 Å². The molecule has 1 aromatic rings. The monoisotopic (exact) mass is 412 g/mol. The number of thiophene rings is 1. The summed E-state index contributed by atoms with van der Waals surface area (Å²) in [5.74, 6) is -1.26. The number of hydrogen-bond acceptors (Lipinski definition) is 6. The second-order valence-corrected chi connectivity index (χ2v) is 11.4. The maximum Gasteiger partial charge on any atom is 0.335 e. The Kier molecular flexibility index (Phi) is 5.07. The van der Waals surface area contributed by atoms with Gasteiger partial charge in [-0.1, -0.05) is 6.07 Å². The third kappa shape index (κ3) is 3.60. The fourth-order valence-corrected chi connectivity index (χ4v) is 6.05. The van der Waals surface area contributed by atoms with Crippen molar-refractivity contribution in [3.63, 3.8) is 0 Å². The van der Waals surface area contributed by atoms with Crippen LogP contribution in [0.3, 0.4) is 0 Å². The number of ether oxygens (including phenoxy) is 1. The molecule has 0 saturated carbocycles. The van der Waals surface area contributed by atoms with Crippen molar-refractivity contribution in [3.05, 3.63) is 22.4 Å². The van der Waals surface area contributed by atoms with E-state index >= 15 is 0 Å². The minimum atomic E-state index is -1.51. The Hall–Kier alpha value is -1.58. The number of nitrogens with one attached hydrogen (secondary N) is 1. The van der Waals surface area contributed by atoms with E-state index in [-0.39, 0.29) is 12.3 Å². The number of carbonyl (C=O) groups is 3. The number of carbonyl (C=O) groups excluding carboxylic acids is 3. The molecular formula is C18H24N2O5S2. The number of β-lactam (4-membered cyclic amide) rings is 1. The van der Waals surface area contributed by atoms with Gasteiger partial charge in [-0.15, -0.1) is 11.3 Å². The van der Waals surface area contributed by atoms with Gasteiger partial charge in [0.15, 0.2) is 16.8 Å². The van der Waals surface area contributed by atoms with E-state index in [1.165, 1.54) is 16.2 Å². The van der Waals surface area contributed by atoms with Gasteiger partial charge in [0.1, 0.15) is 5.60 Å². The summed E-state index contributed by atoms with van der Waals surface area (Å²) in [6.45, 7) is 8.61. The third-order valence-electron chi connectivity index (χ3n) is 4.62. The van der Waals surface area contributed by atoms with Crippen molar-refractivity contribution in [2.75, 3.05) is 0 Å². The first-order valence-corrected chi connectivity index (χ1v) is 10.8. The van der Waals surface area contributed by atoms with Crippen LogP contribution in [0.1, 0.15) is 39.5 Å². The quantitative estimate of drug-likeness (QED) is 0.455. The molecule has 1 N–H and O–H groups in total. The van der Waals surface area contributed by atoms with E-state index in [0.717, 1.165) is 4.88 Å². The number of rotatable bonds is 4. The van der Waals surface area contributed by atoms with Crippen molar-refractivity contribution in [2.24, 2.45) is 0 Å². The maximum absolute atomic E-state index is 13.0. The van der Waals surface area contributed by atoms with Gasteiger partial charge in [0.05, 0.1) is 6.42 Å². The minimum absolute atomic E-state index is 0.166. The largest absolute Gasteiger partial charge is 0.614 e. The van der Waals surface area contributed by atoms with Gasteiger partial charge in [-0.3, -0.25) is 14.5 Å². The summed E-state index contributed by atoms with van der Waals surface area (Å²) in [4.78, 5) is 39.8. The number of esters is 1. The topological polar surface area (TPSA) is 98.8 Å². The van der Waals surface area contributed by atoms with E-state index in [2.05, 4.69) is 5.32 Å². The lowest BCUT2D eigenvalue weighted by atomic mass is 9.95. The summed E-state index contributed by atoms with van der Waals surface area (Å²) in [6.07, 6.45) is 0.166. The average molecular weight is 413 g/mol. The molecule has 2 fully saturated rings. The molecule has 0 aromatic carbocycles. The van der Waals surface area contributed by atoms with Gasteiger partial charge in [-0.05, 0) is 57.2 Å². The first-order valence-electron chi connectivity index (χ1n) is 8.71. The van der Waals surface area contributed by atoms with Crippen LogP contribution in [0, 0.1) is 0 Å². The summed E-state index contributed by atoms with van der Waals surface area (Å²) in [7, 11) is 0. The summed E-state index contributed by atoms with van der Waals surface area (Å²) in [6, 6.07) is 1.89. The second kappa shape index (κ2) is 6.79. The average Bonchev–Trinajstić information content (AvgIpc) is 3.08. The van der Waals surface area contributed by atoms with Gasteiger partial charge in [-0.2, -0.15) is 0 Å². The lowest BCUT2D eigenvalue weighted by Crippen LogP contribution is -2.72. The Labute approximate surface area is 165 Å². The van der Waals surface area contributed by atoms with Crippen molar-refractivity contribution < 1.29 is 23.7 Å². The summed E-state index contributed by atoms with van der Waals surface area (Å²) in [5.41, 5.74) is -0.713. The third-order valence-corrected chi connectivity index (χ3v) is 7.69. The van der Waals surface area contributed by atoms with Crippen LogP contribution in [0.2, 0.25) is 0 Å². The van der Waals surface area contributed by atoms with Crippen LogP contribution in [-0.4, -0.2) is 55.0 Å². The molecular weight excluding hydrogens is 388 g/mol. The first kappa shape index (κ1) is 20.2. The Bertz CT molecular complexity index is 756. The van der Waals surface area contributed by atoms with Crippen molar-refractivity contribution in [1.82, 2.24) is 10.2 Å². The van der Waals surface area contributed by atoms with Crippen LogP contribution in [0.15, 0.2) is 17.5 Å². The highest BCUT2D eigenvalue weighted by Gasteiger charge is 2.73. The van der Waals surface area contributed by atoms with E-state index < -0.39 is 50.9 Å². The van der Waals surface area contributed by atoms with E-state index in [1.807, 2.05) is 17.5 Å². The maximum atomic E-state index is 13.0. The molecule has 27 heavy (non-hydrogen) atoms. The van der Waals surface area contributed by atoms with Crippen molar-refractivity contribution in [2.45, 2.75) is 68.8 Å². The molecule has 3 rings (SSSR count). The van der Waals surface area contributed by atoms with Crippen LogP contribution >= 0.6 is 11.3 Å². The number of amides is 2. The molecule has 0 aliphatic carbocycles. The molecule has 2 aliphatic rings. The SMILES string of the molecule is CC(C)(C)OC(=O)C1N2C(=O)C(NC(=O)Cc3cccs3)[C@@H]2[S+]([O-])C1(C)C. The van der Waals surface area contributed by atoms with Crippen LogP contribution in [-0.2, 0) is 36.7 Å². The van der Waals surface area contributed by atoms with Gasteiger partial charge in [0.2, 0.25) is 11.3 Å². The molecule has 1 aromatic heterocycles. The molecule has 3 unspecified atom stereocenters. The molecule has 148 valence electrons. The Morgan fingerprint density at radius 3 is 2.63 bits per heavy atom. The zero-order chi connectivity index (χ0) is 20.1. The molecule has 4 atom stereocenters. The Balaban J connectivity index is 1.74. The fraction of sp³-hybridized carbons (Fsp3) is 0.611. The molecule has 2 saturated heterocycles. The lowest BCUT2D eigenvalue weighted by molar-refractivity contribution is -0.171. The van der Waals surface area contributed by atoms with Gasteiger partial charge in [-0.25, -0.2) is 4.79 Å². The Morgan fingerprint density at radius 1 is 1.41 bits per heavy atom. The summed E-state index contributed by atoms with van der Waals surface area (Å²) < 4.78 is 17.5. The highest BCUT2D eigenvalue weighted by atomic mass is 32.2. The van der Waals surface area contributed by atoms with Gasteiger partial charge < -0.3 is 14.6 Å². The zero-order valence-electron chi connectivity index (χ0n) is 16.0. The molecule has 0 spiro atoms. The smallest absolute Gasteiger partial charge is 0.335 e. The minimum Gasteiger partial charge on any atom is -0.614 e.